The molecule has 4 bridgehead atoms. The zero-order valence-electron chi connectivity index (χ0n) is 32.2. The highest BCUT2D eigenvalue weighted by Gasteiger charge is 2.62. The lowest BCUT2D eigenvalue weighted by molar-refractivity contribution is -0.143. The summed E-state index contributed by atoms with van der Waals surface area (Å²) in [6, 6.07) is 3.23. The minimum absolute atomic E-state index is 0.0821. The van der Waals surface area contributed by atoms with Gasteiger partial charge in [0.25, 0.3) is 5.91 Å². The van der Waals surface area contributed by atoms with E-state index in [1.54, 1.807) is 20.8 Å². The maximum atomic E-state index is 14.5. The van der Waals surface area contributed by atoms with Gasteiger partial charge in [-0.05, 0) is 54.6 Å². The van der Waals surface area contributed by atoms with Crippen molar-refractivity contribution < 1.29 is 46.6 Å². The molecule has 1 unspecified atom stereocenters. The Balaban J connectivity index is 1.28. The minimum Gasteiger partial charge on any atom is -0.489 e. The summed E-state index contributed by atoms with van der Waals surface area (Å²) in [5, 5.41) is 4.80. The van der Waals surface area contributed by atoms with Crippen molar-refractivity contribution in [1.82, 2.24) is 25.2 Å². The van der Waals surface area contributed by atoms with Gasteiger partial charge in [0.2, 0.25) is 21.8 Å². The number of benzene rings is 1. The van der Waals surface area contributed by atoms with Crippen molar-refractivity contribution in [3.8, 4) is 5.75 Å². The van der Waals surface area contributed by atoms with Gasteiger partial charge >= 0.3 is 12.2 Å². The molecule has 5 atom stereocenters. The largest absolute Gasteiger partial charge is 0.489 e. The Labute approximate surface area is 322 Å². The molecule has 2 aliphatic carbocycles. The number of nitrogens with one attached hydrogen (secondary N) is 3. The van der Waals surface area contributed by atoms with E-state index in [1.807, 2.05) is 44.2 Å². The number of carbonyl (C=O) groups excluding carboxylic acids is 5. The van der Waals surface area contributed by atoms with Crippen molar-refractivity contribution in [2.24, 2.45) is 16.7 Å². The number of rotatable bonds is 6. The Hall–Kier alpha value is -4.60. The average molecular weight is 784 g/mol. The molecule has 0 radical (unpaired) electrons. The molecule has 3 N–H and O–H groups in total. The average Bonchev–Trinajstić information content (AvgIpc) is 4.00. The fourth-order valence-electron chi connectivity index (χ4n) is 7.37. The lowest BCUT2D eigenvalue weighted by atomic mass is 9.85. The van der Waals surface area contributed by atoms with E-state index < -0.39 is 80.2 Å². The first-order valence-electron chi connectivity index (χ1n) is 18.9. The molecule has 1 aromatic carbocycles. The highest BCUT2D eigenvalue weighted by atomic mass is 32.2. The smallest absolute Gasteiger partial charge is 0.410 e. The summed E-state index contributed by atoms with van der Waals surface area (Å²) in [4.78, 5) is 72.0. The van der Waals surface area contributed by atoms with Crippen LogP contribution in [-0.2, 0) is 47.0 Å². The molecular weight excluding hydrogens is 731 g/mol. The Morgan fingerprint density at radius 3 is 2.49 bits per heavy atom. The number of hydrogen-bond donors (Lipinski definition) is 3. The second kappa shape index (κ2) is 15.1. The van der Waals surface area contributed by atoms with Crippen LogP contribution in [-0.4, -0.2) is 96.9 Å². The third-order valence-electron chi connectivity index (χ3n) is 11.0. The van der Waals surface area contributed by atoms with E-state index in [1.165, 1.54) is 15.9 Å². The third kappa shape index (κ3) is 8.94. The quantitative estimate of drug-likeness (QED) is 0.359. The van der Waals surface area contributed by atoms with Crippen LogP contribution in [0.1, 0.15) is 84.3 Å². The highest BCUT2D eigenvalue weighted by molar-refractivity contribution is 7.91. The molecule has 6 rings (SSSR count). The molecule has 5 aliphatic rings. The Kier molecular flexibility index (Phi) is 11.0. The van der Waals surface area contributed by atoms with Crippen LogP contribution in [0.5, 0.6) is 5.75 Å². The molecule has 0 spiro atoms. The maximum absolute atomic E-state index is 14.5. The van der Waals surface area contributed by atoms with Gasteiger partial charge in [0.1, 0.15) is 36.1 Å². The van der Waals surface area contributed by atoms with E-state index >= 15 is 0 Å². The van der Waals surface area contributed by atoms with E-state index in [0.29, 0.717) is 38.0 Å². The Morgan fingerprint density at radius 2 is 1.82 bits per heavy atom. The van der Waals surface area contributed by atoms with Crippen LogP contribution in [0.15, 0.2) is 43.0 Å². The van der Waals surface area contributed by atoms with Crippen LogP contribution in [0.3, 0.4) is 0 Å². The van der Waals surface area contributed by atoms with Crippen LogP contribution < -0.4 is 20.1 Å². The number of sulfonamides is 1. The molecular formula is C39H53N5O10S. The number of carbonyl (C=O) groups is 5. The topological polar surface area (TPSA) is 190 Å². The second-order valence-corrected chi connectivity index (χ2v) is 19.1. The van der Waals surface area contributed by atoms with E-state index in [2.05, 4.69) is 21.9 Å². The highest BCUT2D eigenvalue weighted by Crippen LogP contribution is 2.45. The third-order valence-corrected chi connectivity index (χ3v) is 12.8. The SMILES string of the molecule is C=C[C@H]1C[C@@]1(NC(=O)C1C[C@@H]2CN1C(=O)[C@H](C(C)(C)C)NC(=O)OCC(C)(C)CC/C=C/COc1cccc3c1CN(C3)C(=O)O2)C(=O)NS(=O)(=O)C1CC1. The van der Waals surface area contributed by atoms with Gasteiger partial charge in [0, 0.05) is 24.4 Å². The van der Waals surface area contributed by atoms with Gasteiger partial charge in [0.05, 0.1) is 24.9 Å². The molecule has 3 fully saturated rings. The number of amides is 5. The number of nitrogens with zero attached hydrogens (tertiary/aromatic N) is 2. The van der Waals surface area contributed by atoms with E-state index in [0.717, 1.165) is 11.1 Å². The molecule has 3 heterocycles. The van der Waals surface area contributed by atoms with E-state index in [9.17, 15) is 32.4 Å². The number of alkyl carbamates (subject to hydrolysis) is 1. The summed E-state index contributed by atoms with van der Waals surface area (Å²) in [5.41, 5.74) is -1.06. The van der Waals surface area contributed by atoms with Crippen LogP contribution in [0.25, 0.3) is 0 Å². The number of allylic oxidation sites excluding steroid dienone is 1. The van der Waals surface area contributed by atoms with Crippen molar-refractivity contribution in [2.45, 2.75) is 115 Å². The summed E-state index contributed by atoms with van der Waals surface area (Å²) in [6.45, 7) is 13.8. The van der Waals surface area contributed by atoms with Crippen molar-refractivity contribution in [1.29, 1.82) is 0 Å². The summed E-state index contributed by atoms with van der Waals surface area (Å²) in [6.07, 6.45) is 5.33. The predicted octanol–water partition coefficient (Wildman–Crippen LogP) is 3.67. The first-order chi connectivity index (χ1) is 25.8. The standard InChI is InChI=1S/C39H53N5O10S/c1-7-25-19-39(25,34(47)42-55(50,51)27-14-15-27)41-32(45)29-18-26-21-44(29)33(46)31(37(2,3)4)40-35(48)53-23-38(5,6)16-9-8-10-17-52-30-13-11-12-24-20-43(22-28(24)30)36(49)54-26/h7-8,10-13,25-27,29,31H,1,9,14-23H2,2-6H3,(H,40,48)(H,41,45)(H,42,47)/b10-8+/t25-,26+,29?,31+,39-/m0/s1. The molecule has 16 heteroatoms. The Morgan fingerprint density at radius 1 is 1.07 bits per heavy atom. The monoisotopic (exact) mass is 783 g/mol. The van der Waals surface area contributed by atoms with Crippen LogP contribution >= 0.6 is 0 Å². The van der Waals surface area contributed by atoms with Crippen molar-refractivity contribution in [3.63, 3.8) is 0 Å². The van der Waals surface area contributed by atoms with Crippen LogP contribution in [0.4, 0.5) is 9.59 Å². The summed E-state index contributed by atoms with van der Waals surface area (Å²) < 4.78 is 45.2. The lowest BCUT2D eigenvalue weighted by Crippen LogP contribution is -2.60. The zero-order chi connectivity index (χ0) is 39.9. The molecule has 5 amide bonds. The molecule has 1 aromatic rings. The van der Waals surface area contributed by atoms with Gasteiger partial charge in [-0.15, -0.1) is 6.58 Å². The number of hydrogen-bond acceptors (Lipinski definition) is 10. The van der Waals surface area contributed by atoms with Gasteiger partial charge in [-0.25, -0.2) is 18.0 Å². The van der Waals surface area contributed by atoms with Crippen LogP contribution in [0, 0.1) is 16.7 Å². The van der Waals surface area contributed by atoms with Gasteiger partial charge < -0.3 is 29.7 Å². The summed E-state index contributed by atoms with van der Waals surface area (Å²) in [5.74, 6) is -2.13. The van der Waals surface area contributed by atoms with Gasteiger partial charge in [0.15, 0.2) is 0 Å². The molecule has 0 aromatic heterocycles. The fraction of sp³-hybridized carbons (Fsp3) is 0.615. The summed E-state index contributed by atoms with van der Waals surface area (Å²) in [7, 11) is -3.92. The number of ether oxygens (including phenoxy) is 3. The zero-order valence-corrected chi connectivity index (χ0v) is 33.0. The van der Waals surface area contributed by atoms with Gasteiger partial charge in [-0.3, -0.25) is 24.0 Å². The molecule has 2 saturated carbocycles. The maximum Gasteiger partial charge on any atom is 0.410 e. The summed E-state index contributed by atoms with van der Waals surface area (Å²) >= 11 is 0. The van der Waals surface area contributed by atoms with Gasteiger partial charge in [-0.2, -0.15) is 0 Å². The molecule has 15 nitrogen and oxygen atoms in total. The van der Waals surface area contributed by atoms with Crippen molar-refractivity contribution in [2.75, 3.05) is 19.8 Å². The lowest BCUT2D eigenvalue weighted by Gasteiger charge is -2.35. The molecule has 3 aliphatic heterocycles. The molecule has 1 saturated heterocycles. The minimum atomic E-state index is -3.92. The predicted molar refractivity (Wildman–Crippen MR) is 201 cm³/mol. The van der Waals surface area contributed by atoms with Crippen molar-refractivity contribution >= 4 is 39.9 Å². The van der Waals surface area contributed by atoms with E-state index in [4.69, 9.17) is 14.2 Å². The normalized spacial score (nSPS) is 29.3. The first-order valence-corrected chi connectivity index (χ1v) is 20.5. The number of cyclic esters (lactones) is 1. The van der Waals surface area contributed by atoms with Gasteiger partial charge in [-0.1, -0.05) is 65.0 Å². The van der Waals surface area contributed by atoms with Crippen LogP contribution in [0.2, 0.25) is 0 Å². The molecule has 55 heavy (non-hydrogen) atoms. The first kappa shape index (κ1) is 40.1. The Bertz CT molecular complexity index is 1870. The fourth-order valence-corrected chi connectivity index (χ4v) is 8.74. The van der Waals surface area contributed by atoms with Crippen molar-refractivity contribution in [3.05, 3.63) is 54.1 Å². The molecule has 300 valence electrons. The number of fused-ring (bicyclic) bond motifs is 3. The second-order valence-electron chi connectivity index (χ2n) is 17.2. The van der Waals surface area contributed by atoms with E-state index in [-0.39, 0.29) is 44.5 Å².